The van der Waals surface area contributed by atoms with Crippen LogP contribution in [0.5, 0.6) is 0 Å². The smallest absolute Gasteiger partial charge is 0.260 e. The molecule has 0 atom stereocenters. The van der Waals surface area contributed by atoms with Gasteiger partial charge in [0.25, 0.3) is 5.91 Å². The van der Waals surface area contributed by atoms with Gasteiger partial charge in [0, 0.05) is 12.1 Å². The fraction of sp³-hybridized carbons (Fsp3) is 0.467. The first-order valence-electron chi connectivity index (χ1n) is 6.73. The standard InChI is InChI=1S/C15H23N3O/c1-4-5-10-18(15(16)17)14(19)13-8-6-12(7-9-13)11(2)3/h6-9,11H,4-5,10H2,1-3H3,(H3,16,17). The maximum atomic E-state index is 12.3. The average molecular weight is 261 g/mol. The van der Waals surface area contributed by atoms with Crippen molar-refractivity contribution in [3.8, 4) is 0 Å². The first kappa shape index (κ1) is 15.2. The number of nitrogens with two attached hydrogens (primary N) is 1. The molecule has 0 fully saturated rings. The highest BCUT2D eigenvalue weighted by atomic mass is 16.2. The van der Waals surface area contributed by atoms with Gasteiger partial charge in [0.1, 0.15) is 0 Å². The Bertz CT molecular complexity index is 437. The maximum Gasteiger partial charge on any atom is 0.260 e. The molecule has 0 radical (unpaired) electrons. The number of nitrogens with one attached hydrogen (secondary N) is 1. The molecule has 0 aliphatic rings. The summed E-state index contributed by atoms with van der Waals surface area (Å²) in [6.45, 7) is 6.76. The summed E-state index contributed by atoms with van der Waals surface area (Å²) in [7, 11) is 0. The number of rotatable bonds is 5. The predicted octanol–water partition coefficient (Wildman–Crippen LogP) is 2.95. The van der Waals surface area contributed by atoms with Crippen LogP contribution in [0.1, 0.15) is 55.5 Å². The minimum atomic E-state index is -0.198. The number of amides is 1. The minimum absolute atomic E-state index is 0.189. The molecule has 4 nitrogen and oxygen atoms in total. The van der Waals surface area contributed by atoms with E-state index in [-0.39, 0.29) is 11.9 Å². The van der Waals surface area contributed by atoms with Crippen LogP contribution in [-0.4, -0.2) is 23.3 Å². The number of unbranched alkanes of at least 4 members (excludes halogenated alkanes) is 1. The average Bonchev–Trinajstić information content (AvgIpc) is 2.38. The Morgan fingerprint density at radius 1 is 1.32 bits per heavy atom. The molecule has 104 valence electrons. The van der Waals surface area contributed by atoms with Crippen molar-refractivity contribution in [2.75, 3.05) is 6.54 Å². The zero-order valence-electron chi connectivity index (χ0n) is 11.9. The second-order valence-electron chi connectivity index (χ2n) is 4.97. The van der Waals surface area contributed by atoms with Crippen molar-refractivity contribution in [2.24, 2.45) is 5.73 Å². The number of hydrogen-bond acceptors (Lipinski definition) is 2. The first-order valence-corrected chi connectivity index (χ1v) is 6.73. The Morgan fingerprint density at radius 3 is 2.32 bits per heavy atom. The number of benzene rings is 1. The number of nitrogens with zero attached hydrogens (tertiary/aromatic N) is 1. The zero-order chi connectivity index (χ0) is 14.4. The third kappa shape index (κ3) is 4.09. The highest BCUT2D eigenvalue weighted by Gasteiger charge is 2.17. The molecule has 0 bridgehead atoms. The normalized spacial score (nSPS) is 10.5. The van der Waals surface area contributed by atoms with Crippen LogP contribution in [0.25, 0.3) is 0 Å². The van der Waals surface area contributed by atoms with Crippen LogP contribution in [-0.2, 0) is 0 Å². The van der Waals surface area contributed by atoms with Crippen molar-refractivity contribution in [3.05, 3.63) is 35.4 Å². The van der Waals surface area contributed by atoms with E-state index in [0.717, 1.165) is 12.8 Å². The van der Waals surface area contributed by atoms with Crippen LogP contribution in [0.4, 0.5) is 0 Å². The van der Waals surface area contributed by atoms with Crippen molar-refractivity contribution < 1.29 is 4.79 Å². The molecule has 1 rings (SSSR count). The lowest BCUT2D eigenvalue weighted by Gasteiger charge is -2.20. The molecule has 0 aliphatic heterocycles. The van der Waals surface area contributed by atoms with Crippen molar-refractivity contribution >= 4 is 11.9 Å². The second-order valence-corrected chi connectivity index (χ2v) is 4.97. The summed E-state index contributed by atoms with van der Waals surface area (Å²) in [5.74, 6) is 0.0517. The predicted molar refractivity (Wildman–Crippen MR) is 78.4 cm³/mol. The van der Waals surface area contributed by atoms with Crippen LogP contribution in [0, 0.1) is 5.41 Å². The van der Waals surface area contributed by atoms with Crippen molar-refractivity contribution in [2.45, 2.75) is 39.5 Å². The fourth-order valence-electron chi connectivity index (χ4n) is 1.81. The van der Waals surface area contributed by atoms with Crippen molar-refractivity contribution in [3.63, 3.8) is 0 Å². The lowest BCUT2D eigenvalue weighted by Crippen LogP contribution is -2.41. The van der Waals surface area contributed by atoms with Gasteiger partial charge in [0.05, 0.1) is 0 Å². The Morgan fingerprint density at radius 2 is 1.89 bits per heavy atom. The molecule has 0 spiro atoms. The van der Waals surface area contributed by atoms with Crippen LogP contribution in [0.15, 0.2) is 24.3 Å². The lowest BCUT2D eigenvalue weighted by molar-refractivity contribution is 0.0843. The highest BCUT2D eigenvalue weighted by molar-refractivity contribution is 6.04. The van der Waals surface area contributed by atoms with E-state index in [2.05, 4.69) is 13.8 Å². The molecule has 4 heteroatoms. The van der Waals surface area contributed by atoms with Gasteiger partial charge in [-0.3, -0.25) is 15.1 Å². The zero-order valence-corrected chi connectivity index (χ0v) is 11.9. The fourth-order valence-corrected chi connectivity index (χ4v) is 1.81. The van der Waals surface area contributed by atoms with E-state index >= 15 is 0 Å². The molecule has 19 heavy (non-hydrogen) atoms. The summed E-state index contributed by atoms with van der Waals surface area (Å²) in [5, 5.41) is 7.50. The third-order valence-electron chi connectivity index (χ3n) is 3.10. The molecule has 3 N–H and O–H groups in total. The Labute approximate surface area is 115 Å². The van der Waals surface area contributed by atoms with Crippen molar-refractivity contribution in [1.82, 2.24) is 4.90 Å². The van der Waals surface area contributed by atoms with Gasteiger partial charge < -0.3 is 5.73 Å². The van der Waals surface area contributed by atoms with Gasteiger partial charge in [-0.2, -0.15) is 0 Å². The molecule has 0 saturated heterocycles. The number of guanidine groups is 1. The van der Waals surface area contributed by atoms with Gasteiger partial charge in [-0.15, -0.1) is 0 Å². The molecule has 0 saturated carbocycles. The summed E-state index contributed by atoms with van der Waals surface area (Å²) in [6, 6.07) is 7.52. The van der Waals surface area contributed by atoms with E-state index in [0.29, 0.717) is 18.0 Å². The van der Waals surface area contributed by atoms with Crippen LogP contribution in [0.2, 0.25) is 0 Å². The van der Waals surface area contributed by atoms with Crippen molar-refractivity contribution in [1.29, 1.82) is 5.41 Å². The quantitative estimate of drug-likeness (QED) is 0.632. The molecule has 0 heterocycles. The van der Waals surface area contributed by atoms with E-state index in [4.69, 9.17) is 11.1 Å². The van der Waals surface area contributed by atoms with Crippen LogP contribution >= 0.6 is 0 Å². The number of carbonyl (C=O) groups excluding carboxylic acids is 1. The largest absolute Gasteiger partial charge is 0.370 e. The molecular formula is C15H23N3O. The maximum absolute atomic E-state index is 12.3. The topological polar surface area (TPSA) is 70.2 Å². The van der Waals surface area contributed by atoms with Gasteiger partial charge in [0.15, 0.2) is 5.96 Å². The first-order chi connectivity index (χ1) is 8.97. The van der Waals surface area contributed by atoms with Gasteiger partial charge >= 0.3 is 0 Å². The summed E-state index contributed by atoms with van der Waals surface area (Å²) in [5.41, 5.74) is 7.26. The van der Waals surface area contributed by atoms with E-state index in [9.17, 15) is 4.79 Å². The Balaban J connectivity index is 2.87. The molecule has 1 aromatic carbocycles. The lowest BCUT2D eigenvalue weighted by atomic mass is 10.0. The molecule has 0 aliphatic carbocycles. The summed E-state index contributed by atoms with van der Waals surface area (Å²) in [4.78, 5) is 13.6. The number of hydrogen-bond donors (Lipinski definition) is 2. The van der Waals surface area contributed by atoms with Crippen LogP contribution in [0.3, 0.4) is 0 Å². The summed E-state index contributed by atoms with van der Waals surface area (Å²) >= 11 is 0. The summed E-state index contributed by atoms with van der Waals surface area (Å²) in [6.07, 6.45) is 1.80. The summed E-state index contributed by atoms with van der Waals surface area (Å²) < 4.78 is 0. The molecule has 1 aromatic rings. The van der Waals surface area contributed by atoms with Gasteiger partial charge in [-0.1, -0.05) is 39.3 Å². The van der Waals surface area contributed by atoms with Crippen LogP contribution < -0.4 is 5.73 Å². The molecule has 0 aromatic heterocycles. The van der Waals surface area contributed by atoms with E-state index in [1.807, 2.05) is 19.1 Å². The monoisotopic (exact) mass is 261 g/mol. The Kier molecular flexibility index (Phi) is 5.55. The SMILES string of the molecule is CCCCN(C(=N)N)C(=O)c1ccc(C(C)C)cc1. The van der Waals surface area contributed by atoms with Gasteiger partial charge in [-0.05, 0) is 30.0 Å². The molecular weight excluding hydrogens is 238 g/mol. The van der Waals surface area contributed by atoms with E-state index < -0.39 is 0 Å². The second kappa shape index (κ2) is 6.92. The molecule has 1 amide bonds. The third-order valence-corrected chi connectivity index (χ3v) is 3.10. The Hall–Kier alpha value is -1.84. The highest BCUT2D eigenvalue weighted by Crippen LogP contribution is 2.15. The minimum Gasteiger partial charge on any atom is -0.370 e. The van der Waals surface area contributed by atoms with Gasteiger partial charge in [-0.25, -0.2) is 0 Å². The number of carbonyl (C=O) groups is 1. The van der Waals surface area contributed by atoms with E-state index in [1.54, 1.807) is 12.1 Å². The van der Waals surface area contributed by atoms with Gasteiger partial charge in [0.2, 0.25) is 0 Å². The molecule has 0 unspecified atom stereocenters. The van der Waals surface area contributed by atoms with E-state index in [1.165, 1.54) is 10.5 Å².